The molecule has 2 rings (SSSR count). The Kier molecular flexibility index (Phi) is 5.85. The van der Waals surface area contributed by atoms with Gasteiger partial charge in [0.15, 0.2) is 0 Å². The Balaban J connectivity index is 1.71. The summed E-state index contributed by atoms with van der Waals surface area (Å²) < 4.78 is 11.2. The molecule has 1 fully saturated rings. The summed E-state index contributed by atoms with van der Waals surface area (Å²) in [7, 11) is 2.11. The Labute approximate surface area is 120 Å². The van der Waals surface area contributed by atoms with Crippen LogP contribution in [-0.4, -0.2) is 44.9 Å². The van der Waals surface area contributed by atoms with Crippen molar-refractivity contribution >= 4 is 0 Å². The minimum atomic E-state index is 0.593. The quantitative estimate of drug-likeness (QED) is 0.798. The molecule has 4 heteroatoms. The molecular weight excluding hydrogens is 252 g/mol. The van der Waals surface area contributed by atoms with E-state index in [0.29, 0.717) is 23.8 Å². The summed E-state index contributed by atoms with van der Waals surface area (Å²) in [6.45, 7) is 4.29. The molecule has 0 N–H and O–H groups in total. The molecule has 108 valence electrons. The zero-order chi connectivity index (χ0) is 14.2. The van der Waals surface area contributed by atoms with Crippen LogP contribution in [0.2, 0.25) is 0 Å². The van der Waals surface area contributed by atoms with Crippen LogP contribution in [0.3, 0.4) is 0 Å². The van der Waals surface area contributed by atoms with E-state index in [2.05, 4.69) is 18.0 Å². The van der Waals surface area contributed by atoms with E-state index in [1.807, 2.05) is 18.2 Å². The molecule has 0 saturated carbocycles. The molecule has 0 spiro atoms. The van der Waals surface area contributed by atoms with Gasteiger partial charge in [-0.2, -0.15) is 5.26 Å². The van der Waals surface area contributed by atoms with Crippen LogP contribution in [0.1, 0.15) is 18.4 Å². The molecule has 0 aromatic heterocycles. The Bertz CT molecular complexity index is 450. The van der Waals surface area contributed by atoms with Gasteiger partial charge in [0.25, 0.3) is 0 Å². The van der Waals surface area contributed by atoms with Gasteiger partial charge in [-0.1, -0.05) is 12.1 Å². The number of hydrogen-bond donors (Lipinski definition) is 0. The summed E-state index contributed by atoms with van der Waals surface area (Å²) in [5, 5.41) is 8.99. The molecule has 1 heterocycles. The summed E-state index contributed by atoms with van der Waals surface area (Å²) in [4.78, 5) is 2.27. The van der Waals surface area contributed by atoms with Gasteiger partial charge in [0.05, 0.1) is 12.2 Å². The number of rotatable bonds is 6. The Morgan fingerprint density at radius 1 is 1.45 bits per heavy atom. The second-order valence-corrected chi connectivity index (χ2v) is 5.30. The standard InChI is InChI=1S/C16H22N2O2/c1-18(12-14-5-4-9-19-13-14)8-10-20-16-7-3-2-6-15(16)11-17/h2-3,6-7,14H,4-5,8-10,12-13H2,1H3. The summed E-state index contributed by atoms with van der Waals surface area (Å²) in [5.74, 6) is 1.31. The SMILES string of the molecule is CN(CCOc1ccccc1C#N)CC1CCCOC1. The third-order valence-electron chi connectivity index (χ3n) is 3.56. The first kappa shape index (κ1) is 14.8. The molecule has 1 aromatic carbocycles. The average Bonchev–Trinajstić information content (AvgIpc) is 2.49. The highest BCUT2D eigenvalue weighted by molar-refractivity contribution is 5.42. The van der Waals surface area contributed by atoms with Gasteiger partial charge in [-0.3, -0.25) is 0 Å². The third kappa shape index (κ3) is 4.52. The van der Waals surface area contributed by atoms with Crippen LogP contribution in [0.15, 0.2) is 24.3 Å². The van der Waals surface area contributed by atoms with Crippen molar-refractivity contribution < 1.29 is 9.47 Å². The lowest BCUT2D eigenvalue weighted by Crippen LogP contribution is -2.33. The lowest BCUT2D eigenvalue weighted by molar-refractivity contribution is 0.0405. The molecule has 0 amide bonds. The maximum Gasteiger partial charge on any atom is 0.137 e. The van der Waals surface area contributed by atoms with Gasteiger partial charge < -0.3 is 14.4 Å². The van der Waals surface area contributed by atoms with E-state index in [9.17, 15) is 0 Å². The zero-order valence-corrected chi connectivity index (χ0v) is 12.0. The molecule has 1 aliphatic heterocycles. The molecular formula is C16H22N2O2. The van der Waals surface area contributed by atoms with Crippen molar-refractivity contribution in [3.63, 3.8) is 0 Å². The van der Waals surface area contributed by atoms with Crippen molar-refractivity contribution in [2.45, 2.75) is 12.8 Å². The van der Waals surface area contributed by atoms with Crippen LogP contribution in [0, 0.1) is 17.2 Å². The summed E-state index contributed by atoms with van der Waals surface area (Å²) in [6, 6.07) is 9.50. The summed E-state index contributed by atoms with van der Waals surface area (Å²) >= 11 is 0. The predicted molar refractivity (Wildman–Crippen MR) is 77.7 cm³/mol. The van der Waals surface area contributed by atoms with Crippen LogP contribution >= 0.6 is 0 Å². The van der Waals surface area contributed by atoms with Gasteiger partial charge in [-0.15, -0.1) is 0 Å². The van der Waals surface area contributed by atoms with E-state index in [1.165, 1.54) is 12.8 Å². The highest BCUT2D eigenvalue weighted by atomic mass is 16.5. The van der Waals surface area contributed by atoms with Crippen molar-refractivity contribution in [2.75, 3.05) is 40.0 Å². The largest absolute Gasteiger partial charge is 0.491 e. The number of nitriles is 1. The van der Waals surface area contributed by atoms with Crippen LogP contribution in [-0.2, 0) is 4.74 Å². The van der Waals surface area contributed by atoms with Crippen molar-refractivity contribution in [3.8, 4) is 11.8 Å². The molecule has 1 unspecified atom stereocenters. The van der Waals surface area contributed by atoms with Gasteiger partial charge in [0.1, 0.15) is 18.4 Å². The first-order valence-corrected chi connectivity index (χ1v) is 7.18. The Morgan fingerprint density at radius 2 is 2.30 bits per heavy atom. The normalized spacial score (nSPS) is 18.8. The first-order chi connectivity index (χ1) is 9.79. The molecule has 20 heavy (non-hydrogen) atoms. The topological polar surface area (TPSA) is 45.5 Å². The molecule has 1 aromatic rings. The lowest BCUT2D eigenvalue weighted by Gasteiger charge is -2.27. The monoisotopic (exact) mass is 274 g/mol. The highest BCUT2D eigenvalue weighted by Gasteiger charge is 2.15. The highest BCUT2D eigenvalue weighted by Crippen LogP contribution is 2.17. The van der Waals surface area contributed by atoms with E-state index in [4.69, 9.17) is 14.7 Å². The van der Waals surface area contributed by atoms with E-state index >= 15 is 0 Å². The van der Waals surface area contributed by atoms with Crippen molar-refractivity contribution in [2.24, 2.45) is 5.92 Å². The van der Waals surface area contributed by atoms with Crippen molar-refractivity contribution in [1.29, 1.82) is 5.26 Å². The Morgan fingerprint density at radius 3 is 3.05 bits per heavy atom. The van der Waals surface area contributed by atoms with Crippen LogP contribution < -0.4 is 4.74 Å². The fourth-order valence-corrected chi connectivity index (χ4v) is 2.48. The van der Waals surface area contributed by atoms with Crippen LogP contribution in [0.5, 0.6) is 5.75 Å². The number of likely N-dealkylation sites (N-methyl/N-ethyl adjacent to an activating group) is 1. The molecule has 0 bridgehead atoms. The first-order valence-electron chi connectivity index (χ1n) is 7.18. The maximum atomic E-state index is 8.99. The third-order valence-corrected chi connectivity index (χ3v) is 3.56. The van der Waals surface area contributed by atoms with Gasteiger partial charge in [-0.25, -0.2) is 0 Å². The second-order valence-electron chi connectivity index (χ2n) is 5.30. The zero-order valence-electron chi connectivity index (χ0n) is 12.0. The minimum Gasteiger partial charge on any atom is -0.491 e. The predicted octanol–water partition coefficient (Wildman–Crippen LogP) is 2.30. The van der Waals surface area contributed by atoms with E-state index in [0.717, 1.165) is 26.3 Å². The number of nitrogens with zero attached hydrogens (tertiary/aromatic N) is 2. The number of hydrogen-bond acceptors (Lipinski definition) is 4. The van der Waals surface area contributed by atoms with Crippen molar-refractivity contribution in [3.05, 3.63) is 29.8 Å². The minimum absolute atomic E-state index is 0.593. The van der Waals surface area contributed by atoms with Gasteiger partial charge >= 0.3 is 0 Å². The number of ether oxygens (including phenoxy) is 2. The van der Waals surface area contributed by atoms with Gasteiger partial charge in [0, 0.05) is 19.7 Å². The van der Waals surface area contributed by atoms with Crippen LogP contribution in [0.25, 0.3) is 0 Å². The fraction of sp³-hybridized carbons (Fsp3) is 0.562. The molecule has 1 atom stereocenters. The number of benzene rings is 1. The number of para-hydroxylation sites is 1. The van der Waals surface area contributed by atoms with E-state index in [1.54, 1.807) is 6.07 Å². The average molecular weight is 274 g/mol. The maximum absolute atomic E-state index is 8.99. The van der Waals surface area contributed by atoms with E-state index < -0.39 is 0 Å². The fourth-order valence-electron chi connectivity index (χ4n) is 2.48. The second kappa shape index (κ2) is 7.88. The van der Waals surface area contributed by atoms with Crippen molar-refractivity contribution in [1.82, 2.24) is 4.90 Å². The molecule has 4 nitrogen and oxygen atoms in total. The molecule has 1 saturated heterocycles. The molecule has 0 radical (unpaired) electrons. The van der Waals surface area contributed by atoms with E-state index in [-0.39, 0.29) is 0 Å². The lowest BCUT2D eigenvalue weighted by atomic mass is 10.0. The smallest absolute Gasteiger partial charge is 0.137 e. The van der Waals surface area contributed by atoms with Gasteiger partial charge in [0.2, 0.25) is 0 Å². The molecule has 1 aliphatic rings. The Hall–Kier alpha value is -1.57. The molecule has 0 aliphatic carbocycles. The van der Waals surface area contributed by atoms with Crippen LogP contribution in [0.4, 0.5) is 0 Å². The summed E-state index contributed by atoms with van der Waals surface area (Å²) in [5.41, 5.74) is 0.593. The van der Waals surface area contributed by atoms with Gasteiger partial charge in [-0.05, 0) is 37.9 Å². The summed E-state index contributed by atoms with van der Waals surface area (Å²) in [6.07, 6.45) is 2.42.